The molecule has 0 aliphatic carbocycles. The van der Waals surface area contributed by atoms with Gasteiger partial charge in [0, 0.05) is 6.42 Å². The van der Waals surface area contributed by atoms with Crippen LogP contribution in [-0.4, -0.2) is 12.6 Å². The molecule has 1 atom stereocenters. The minimum atomic E-state index is -0.0560. The van der Waals surface area contributed by atoms with E-state index in [2.05, 4.69) is 40.7 Å². The Labute approximate surface area is 144 Å². The van der Waals surface area contributed by atoms with Gasteiger partial charge in [0.15, 0.2) is 0 Å². The predicted octanol–water partition coefficient (Wildman–Crippen LogP) is 6.61. The van der Waals surface area contributed by atoms with E-state index in [4.69, 9.17) is 4.74 Å². The van der Waals surface area contributed by atoms with E-state index in [1.165, 1.54) is 43.3 Å². The highest BCUT2D eigenvalue weighted by Gasteiger charge is 2.04. The lowest BCUT2D eigenvalue weighted by Crippen LogP contribution is -2.05. The Hall–Kier alpha value is -1.05. The summed E-state index contributed by atoms with van der Waals surface area (Å²) in [5, 5.41) is 0. The summed E-state index contributed by atoms with van der Waals surface area (Å²) in [5.74, 6) is 0.450. The summed E-state index contributed by atoms with van der Waals surface area (Å²) in [5.41, 5.74) is 2.65. The highest BCUT2D eigenvalue weighted by molar-refractivity contribution is 5.69. The van der Waals surface area contributed by atoms with Crippen molar-refractivity contribution in [1.82, 2.24) is 0 Å². The van der Waals surface area contributed by atoms with E-state index in [1.54, 1.807) is 0 Å². The van der Waals surface area contributed by atoms with E-state index in [9.17, 15) is 4.79 Å². The molecule has 23 heavy (non-hydrogen) atoms. The number of carbonyl (C=O) groups is 1. The Morgan fingerprint density at radius 3 is 2.17 bits per heavy atom. The summed E-state index contributed by atoms with van der Waals surface area (Å²) in [6.07, 6.45) is 14.5. The largest absolute Gasteiger partial charge is 0.461 e. The van der Waals surface area contributed by atoms with Gasteiger partial charge in [0.25, 0.3) is 0 Å². The third-order valence-corrected chi connectivity index (χ3v) is 4.29. The summed E-state index contributed by atoms with van der Waals surface area (Å²) in [6, 6.07) is 0. The molecule has 0 rings (SSSR count). The van der Waals surface area contributed by atoms with Gasteiger partial charge in [0.1, 0.15) is 6.61 Å². The number of carbonyl (C=O) groups excluding carboxylic acids is 1. The normalized spacial score (nSPS) is 12.8. The van der Waals surface area contributed by atoms with Gasteiger partial charge in [0.2, 0.25) is 0 Å². The van der Waals surface area contributed by atoms with E-state index in [1.807, 2.05) is 6.08 Å². The molecule has 0 saturated carbocycles. The molecule has 0 aromatic carbocycles. The highest BCUT2D eigenvalue weighted by atomic mass is 16.5. The van der Waals surface area contributed by atoms with Gasteiger partial charge in [0.05, 0.1) is 0 Å². The monoisotopic (exact) mass is 322 g/mol. The third-order valence-electron chi connectivity index (χ3n) is 4.29. The molecule has 0 aliphatic rings. The molecule has 0 N–H and O–H groups in total. The van der Waals surface area contributed by atoms with Crippen LogP contribution in [0.5, 0.6) is 0 Å². The molecule has 0 spiro atoms. The molecule has 134 valence electrons. The van der Waals surface area contributed by atoms with Crippen molar-refractivity contribution in [3.63, 3.8) is 0 Å². The van der Waals surface area contributed by atoms with Crippen LogP contribution in [0.15, 0.2) is 23.3 Å². The van der Waals surface area contributed by atoms with Crippen LogP contribution >= 0.6 is 0 Å². The zero-order chi connectivity index (χ0) is 17.5. The SMILES string of the molecule is CCCCCCCCCC(=O)OCC=C(C)[C@@H](C)CC=C(C)C. The first-order valence-electron chi connectivity index (χ1n) is 9.43. The van der Waals surface area contributed by atoms with Gasteiger partial charge in [-0.25, -0.2) is 0 Å². The molecular weight excluding hydrogens is 284 g/mol. The van der Waals surface area contributed by atoms with Crippen molar-refractivity contribution >= 4 is 5.97 Å². The molecule has 0 saturated heterocycles. The van der Waals surface area contributed by atoms with Crippen molar-refractivity contribution in [2.45, 2.75) is 92.4 Å². The second-order valence-electron chi connectivity index (χ2n) is 6.92. The molecule has 2 nitrogen and oxygen atoms in total. The quantitative estimate of drug-likeness (QED) is 0.217. The summed E-state index contributed by atoms with van der Waals surface area (Å²) in [4.78, 5) is 11.7. The first kappa shape index (κ1) is 21.9. The van der Waals surface area contributed by atoms with Gasteiger partial charge in [-0.1, -0.05) is 69.6 Å². The van der Waals surface area contributed by atoms with Crippen molar-refractivity contribution in [3.05, 3.63) is 23.3 Å². The van der Waals surface area contributed by atoms with Crippen LogP contribution in [0.4, 0.5) is 0 Å². The number of rotatable bonds is 13. The Bertz CT molecular complexity index is 362. The van der Waals surface area contributed by atoms with Gasteiger partial charge < -0.3 is 4.74 Å². The lowest BCUT2D eigenvalue weighted by molar-refractivity contribution is -0.142. The zero-order valence-corrected chi connectivity index (χ0v) is 16.1. The molecule has 0 amide bonds. The molecule has 0 bridgehead atoms. The molecule has 0 radical (unpaired) electrons. The van der Waals surface area contributed by atoms with Gasteiger partial charge in [-0.3, -0.25) is 4.79 Å². The fraction of sp³-hybridized carbons (Fsp3) is 0.762. The Kier molecular flexibility index (Phi) is 13.9. The Morgan fingerprint density at radius 1 is 0.957 bits per heavy atom. The molecule has 0 aliphatic heterocycles. The Balaban J connectivity index is 3.72. The van der Waals surface area contributed by atoms with Crippen LogP contribution < -0.4 is 0 Å². The lowest BCUT2D eigenvalue weighted by atomic mass is 9.98. The predicted molar refractivity (Wildman–Crippen MR) is 101 cm³/mol. The number of hydrogen-bond acceptors (Lipinski definition) is 2. The smallest absolute Gasteiger partial charge is 0.306 e. The summed E-state index contributed by atoms with van der Waals surface area (Å²) >= 11 is 0. The summed E-state index contributed by atoms with van der Waals surface area (Å²) in [6.45, 7) is 11.2. The van der Waals surface area contributed by atoms with Crippen LogP contribution in [-0.2, 0) is 9.53 Å². The third kappa shape index (κ3) is 14.3. The summed E-state index contributed by atoms with van der Waals surface area (Å²) in [7, 11) is 0. The van der Waals surface area contributed by atoms with Crippen LogP contribution in [0.25, 0.3) is 0 Å². The zero-order valence-electron chi connectivity index (χ0n) is 16.1. The molecule has 0 heterocycles. The number of unbranched alkanes of at least 4 members (excludes halogenated alkanes) is 6. The molecule has 0 aromatic heterocycles. The second-order valence-corrected chi connectivity index (χ2v) is 6.92. The molecule has 0 fully saturated rings. The van der Waals surface area contributed by atoms with E-state index < -0.39 is 0 Å². The van der Waals surface area contributed by atoms with E-state index in [0.717, 1.165) is 19.3 Å². The second kappa shape index (κ2) is 14.5. The maximum Gasteiger partial charge on any atom is 0.306 e. The van der Waals surface area contributed by atoms with Crippen LogP contribution in [0.1, 0.15) is 92.4 Å². The minimum Gasteiger partial charge on any atom is -0.461 e. The van der Waals surface area contributed by atoms with E-state index in [-0.39, 0.29) is 5.97 Å². The first-order valence-corrected chi connectivity index (χ1v) is 9.43. The maximum atomic E-state index is 11.7. The van der Waals surface area contributed by atoms with Gasteiger partial charge >= 0.3 is 5.97 Å². The van der Waals surface area contributed by atoms with Crippen molar-refractivity contribution in [3.8, 4) is 0 Å². The van der Waals surface area contributed by atoms with Crippen molar-refractivity contribution in [2.24, 2.45) is 5.92 Å². The van der Waals surface area contributed by atoms with Gasteiger partial charge in [-0.2, -0.15) is 0 Å². The molecular formula is C21H38O2. The first-order chi connectivity index (χ1) is 11.0. The number of ether oxygens (including phenoxy) is 1. The van der Waals surface area contributed by atoms with E-state index >= 15 is 0 Å². The standard InChI is InChI=1S/C21H38O2/c1-6-7-8-9-10-11-12-13-21(22)23-17-16-20(5)19(4)15-14-18(2)3/h14,16,19H,6-13,15,17H2,1-5H3/t19-/m0/s1. The highest BCUT2D eigenvalue weighted by Crippen LogP contribution is 2.15. The Morgan fingerprint density at radius 2 is 1.57 bits per heavy atom. The van der Waals surface area contributed by atoms with Crippen LogP contribution in [0, 0.1) is 5.92 Å². The molecule has 0 aromatic rings. The average molecular weight is 323 g/mol. The minimum absolute atomic E-state index is 0.0560. The van der Waals surface area contributed by atoms with E-state index in [0.29, 0.717) is 18.9 Å². The fourth-order valence-electron chi connectivity index (χ4n) is 2.36. The van der Waals surface area contributed by atoms with Crippen molar-refractivity contribution < 1.29 is 9.53 Å². The maximum absolute atomic E-state index is 11.7. The van der Waals surface area contributed by atoms with Gasteiger partial charge in [-0.05, 0) is 45.6 Å². The topological polar surface area (TPSA) is 26.3 Å². The number of allylic oxidation sites excluding steroid dienone is 3. The lowest BCUT2D eigenvalue weighted by Gasteiger charge is -2.10. The molecule has 2 heteroatoms. The summed E-state index contributed by atoms with van der Waals surface area (Å²) < 4.78 is 5.30. The number of esters is 1. The van der Waals surface area contributed by atoms with Gasteiger partial charge in [-0.15, -0.1) is 0 Å². The van der Waals surface area contributed by atoms with Crippen LogP contribution in [0.2, 0.25) is 0 Å². The van der Waals surface area contributed by atoms with Crippen molar-refractivity contribution in [2.75, 3.05) is 6.61 Å². The fourth-order valence-corrected chi connectivity index (χ4v) is 2.36. The average Bonchev–Trinajstić information content (AvgIpc) is 2.51. The molecule has 0 unspecified atom stereocenters. The number of hydrogen-bond donors (Lipinski definition) is 0. The van der Waals surface area contributed by atoms with Crippen LogP contribution in [0.3, 0.4) is 0 Å². The van der Waals surface area contributed by atoms with Crippen molar-refractivity contribution in [1.29, 1.82) is 0 Å².